The van der Waals surface area contributed by atoms with Crippen molar-refractivity contribution in [3.63, 3.8) is 0 Å². The molecule has 0 radical (unpaired) electrons. The van der Waals surface area contributed by atoms with Crippen molar-refractivity contribution in [2.45, 2.75) is 6.92 Å². The summed E-state index contributed by atoms with van der Waals surface area (Å²) in [5.41, 5.74) is 2.29. The lowest BCUT2D eigenvalue weighted by atomic mass is 9.93. The number of methoxy groups -OCH3 is 1. The van der Waals surface area contributed by atoms with Gasteiger partial charge in [-0.1, -0.05) is 54.6 Å². The van der Waals surface area contributed by atoms with Crippen LogP contribution < -0.4 is 0 Å². The first-order valence-electron chi connectivity index (χ1n) is 6.82. The van der Waals surface area contributed by atoms with Crippen LogP contribution in [0.4, 0.5) is 0 Å². The highest BCUT2D eigenvalue weighted by molar-refractivity contribution is 6.22. The minimum atomic E-state index is -1.40. The van der Waals surface area contributed by atoms with Crippen LogP contribution >= 0.6 is 0 Å². The average Bonchev–Trinajstić information content (AvgIpc) is 2.55. The molecule has 0 spiro atoms. The molecule has 0 aromatic heterocycles. The summed E-state index contributed by atoms with van der Waals surface area (Å²) >= 11 is 0. The largest absolute Gasteiger partial charge is 0.468 e. The van der Waals surface area contributed by atoms with E-state index >= 15 is 0 Å². The molecule has 0 N–H and O–H groups in total. The Labute approximate surface area is 128 Å². The van der Waals surface area contributed by atoms with Crippen LogP contribution in [0.25, 0.3) is 11.1 Å². The Morgan fingerprint density at radius 2 is 1.41 bits per heavy atom. The maximum atomic E-state index is 12.3. The first-order valence-corrected chi connectivity index (χ1v) is 6.82. The van der Waals surface area contributed by atoms with Crippen LogP contribution in [0.2, 0.25) is 0 Å². The molecule has 1 atom stereocenters. The molecule has 0 saturated carbocycles. The van der Waals surface area contributed by atoms with Gasteiger partial charge in [-0.25, -0.2) is 0 Å². The fourth-order valence-electron chi connectivity index (χ4n) is 2.20. The number of hydrogen-bond acceptors (Lipinski definition) is 4. The van der Waals surface area contributed by atoms with Crippen molar-refractivity contribution in [2.75, 3.05) is 7.11 Å². The third-order valence-electron chi connectivity index (χ3n) is 3.38. The van der Waals surface area contributed by atoms with E-state index in [2.05, 4.69) is 4.74 Å². The molecular formula is C18H16O4. The van der Waals surface area contributed by atoms with E-state index in [0.717, 1.165) is 18.2 Å². The molecule has 112 valence electrons. The molecule has 0 fully saturated rings. The Bertz CT molecular complexity index is 687. The smallest absolute Gasteiger partial charge is 0.324 e. The van der Waals surface area contributed by atoms with Gasteiger partial charge in [-0.3, -0.25) is 14.4 Å². The van der Waals surface area contributed by atoms with Gasteiger partial charge < -0.3 is 4.74 Å². The lowest BCUT2D eigenvalue weighted by molar-refractivity contribution is -0.146. The average molecular weight is 296 g/mol. The van der Waals surface area contributed by atoms with Crippen molar-refractivity contribution < 1.29 is 19.1 Å². The number of carbonyl (C=O) groups is 3. The van der Waals surface area contributed by atoms with Gasteiger partial charge in [0.05, 0.1) is 7.11 Å². The zero-order chi connectivity index (χ0) is 16.1. The van der Waals surface area contributed by atoms with Crippen molar-refractivity contribution in [3.8, 4) is 11.1 Å². The van der Waals surface area contributed by atoms with E-state index in [9.17, 15) is 14.4 Å². The predicted molar refractivity (Wildman–Crippen MR) is 82.4 cm³/mol. The van der Waals surface area contributed by atoms with E-state index in [0.29, 0.717) is 5.56 Å². The molecule has 2 aromatic rings. The Hall–Kier alpha value is -2.75. The van der Waals surface area contributed by atoms with Gasteiger partial charge in [0.15, 0.2) is 17.5 Å². The molecule has 2 aromatic carbocycles. The zero-order valence-corrected chi connectivity index (χ0v) is 12.4. The maximum Gasteiger partial charge on any atom is 0.324 e. The summed E-state index contributed by atoms with van der Waals surface area (Å²) in [5.74, 6) is -3.29. The van der Waals surface area contributed by atoms with E-state index in [-0.39, 0.29) is 0 Å². The van der Waals surface area contributed by atoms with Crippen molar-refractivity contribution in [1.82, 2.24) is 0 Å². The van der Waals surface area contributed by atoms with Crippen LogP contribution in [0, 0.1) is 5.92 Å². The number of hydrogen-bond donors (Lipinski definition) is 0. The van der Waals surface area contributed by atoms with Crippen molar-refractivity contribution in [3.05, 3.63) is 60.2 Å². The summed E-state index contributed by atoms with van der Waals surface area (Å²) in [5, 5.41) is 0. The van der Waals surface area contributed by atoms with Gasteiger partial charge in [0, 0.05) is 5.56 Å². The minimum absolute atomic E-state index is 0.310. The van der Waals surface area contributed by atoms with Crippen LogP contribution in [0.3, 0.4) is 0 Å². The Kier molecular flexibility index (Phi) is 4.84. The van der Waals surface area contributed by atoms with E-state index in [1.165, 1.54) is 6.92 Å². The highest BCUT2D eigenvalue weighted by Crippen LogP contribution is 2.21. The van der Waals surface area contributed by atoms with Crippen LogP contribution in [0.5, 0.6) is 0 Å². The summed E-state index contributed by atoms with van der Waals surface area (Å²) < 4.78 is 4.53. The summed E-state index contributed by atoms with van der Waals surface area (Å²) in [4.78, 5) is 35.4. The van der Waals surface area contributed by atoms with Gasteiger partial charge in [0.1, 0.15) is 0 Å². The third kappa shape index (κ3) is 3.28. The molecule has 0 aliphatic carbocycles. The molecule has 0 amide bonds. The zero-order valence-electron chi connectivity index (χ0n) is 12.4. The SMILES string of the molecule is COC(=O)C(C(C)=O)C(=O)c1ccc(-c2ccccc2)cc1. The second-order valence-corrected chi connectivity index (χ2v) is 4.87. The molecule has 0 aliphatic heterocycles. The van der Waals surface area contributed by atoms with Crippen LogP contribution in [-0.2, 0) is 14.3 Å². The van der Waals surface area contributed by atoms with E-state index < -0.39 is 23.5 Å². The molecule has 22 heavy (non-hydrogen) atoms. The molecule has 0 aliphatic rings. The Morgan fingerprint density at radius 1 is 0.864 bits per heavy atom. The van der Waals surface area contributed by atoms with Gasteiger partial charge in [0.25, 0.3) is 0 Å². The van der Waals surface area contributed by atoms with E-state index in [4.69, 9.17) is 0 Å². The number of ether oxygens (including phenoxy) is 1. The molecule has 0 heterocycles. The molecule has 2 rings (SSSR count). The molecule has 4 heteroatoms. The lowest BCUT2D eigenvalue weighted by Crippen LogP contribution is -2.31. The third-order valence-corrected chi connectivity index (χ3v) is 3.38. The molecular weight excluding hydrogens is 280 g/mol. The van der Waals surface area contributed by atoms with Crippen LogP contribution in [0.15, 0.2) is 54.6 Å². The molecule has 1 unspecified atom stereocenters. The lowest BCUT2D eigenvalue weighted by Gasteiger charge is -2.11. The van der Waals surface area contributed by atoms with Crippen molar-refractivity contribution >= 4 is 17.5 Å². The highest BCUT2D eigenvalue weighted by Gasteiger charge is 2.32. The van der Waals surface area contributed by atoms with Crippen molar-refractivity contribution in [1.29, 1.82) is 0 Å². The number of carbonyl (C=O) groups excluding carboxylic acids is 3. The number of ketones is 2. The first-order chi connectivity index (χ1) is 10.5. The van der Waals surface area contributed by atoms with E-state index in [1.54, 1.807) is 24.3 Å². The monoisotopic (exact) mass is 296 g/mol. The first kappa shape index (κ1) is 15.6. The molecule has 4 nitrogen and oxygen atoms in total. The summed E-state index contributed by atoms with van der Waals surface area (Å²) in [7, 11) is 1.16. The Balaban J connectivity index is 2.28. The number of benzene rings is 2. The van der Waals surface area contributed by atoms with Crippen molar-refractivity contribution in [2.24, 2.45) is 5.92 Å². The van der Waals surface area contributed by atoms with Gasteiger partial charge >= 0.3 is 5.97 Å². The second-order valence-electron chi connectivity index (χ2n) is 4.87. The molecule has 0 saturated heterocycles. The van der Waals surface area contributed by atoms with E-state index in [1.807, 2.05) is 30.3 Å². The number of esters is 1. The predicted octanol–water partition coefficient (Wildman–Crippen LogP) is 2.91. The summed E-state index contributed by atoms with van der Waals surface area (Å²) in [6.07, 6.45) is 0. The number of Topliss-reactive ketones (excluding diaryl/α,β-unsaturated/α-hetero) is 2. The highest BCUT2D eigenvalue weighted by atomic mass is 16.5. The van der Waals surface area contributed by atoms with Gasteiger partial charge in [-0.15, -0.1) is 0 Å². The fourth-order valence-corrected chi connectivity index (χ4v) is 2.20. The topological polar surface area (TPSA) is 60.4 Å². The maximum absolute atomic E-state index is 12.3. The minimum Gasteiger partial charge on any atom is -0.468 e. The number of rotatable bonds is 5. The van der Waals surface area contributed by atoms with Gasteiger partial charge in [0.2, 0.25) is 0 Å². The molecule has 0 bridgehead atoms. The van der Waals surface area contributed by atoms with Gasteiger partial charge in [-0.05, 0) is 18.1 Å². The fraction of sp³-hybridized carbons (Fsp3) is 0.167. The standard InChI is InChI=1S/C18H16O4/c1-12(19)16(18(21)22-2)17(20)15-10-8-14(9-11-15)13-6-4-3-5-7-13/h3-11,16H,1-2H3. The summed E-state index contributed by atoms with van der Waals surface area (Å²) in [6, 6.07) is 16.5. The second kappa shape index (κ2) is 6.80. The Morgan fingerprint density at radius 3 is 1.91 bits per heavy atom. The normalized spacial score (nSPS) is 11.5. The summed E-state index contributed by atoms with van der Waals surface area (Å²) in [6.45, 7) is 1.21. The van der Waals surface area contributed by atoms with Gasteiger partial charge in [-0.2, -0.15) is 0 Å². The quantitative estimate of drug-likeness (QED) is 0.483. The van der Waals surface area contributed by atoms with Crippen LogP contribution in [-0.4, -0.2) is 24.6 Å². The van der Waals surface area contributed by atoms with Crippen LogP contribution in [0.1, 0.15) is 17.3 Å².